The molecular formula is C18H28Cl2N2O2. The molecule has 0 atom stereocenters. The van der Waals surface area contributed by atoms with E-state index in [-0.39, 0.29) is 18.2 Å². The van der Waals surface area contributed by atoms with Gasteiger partial charge >= 0.3 is 0 Å². The van der Waals surface area contributed by atoms with Gasteiger partial charge in [-0.2, -0.15) is 0 Å². The lowest BCUT2D eigenvalue weighted by atomic mass is 10.0. The molecule has 0 aliphatic carbocycles. The normalized spacial score (nSPS) is 15.4. The monoisotopic (exact) mass is 374 g/mol. The molecule has 0 bridgehead atoms. The minimum atomic E-state index is 0. The molecule has 0 spiro atoms. The molecule has 0 radical (unpaired) electrons. The Morgan fingerprint density at radius 3 is 2.50 bits per heavy atom. The second-order valence-corrected chi connectivity index (χ2v) is 6.62. The number of nitrogen functional groups attached to an aromatic ring is 1. The number of unbranched alkanes of at least 4 members (excludes halogenated alkanes) is 1. The highest BCUT2D eigenvalue weighted by molar-refractivity contribution is 6.33. The average molecular weight is 375 g/mol. The molecule has 0 amide bonds. The van der Waals surface area contributed by atoms with Crippen LogP contribution in [0.1, 0.15) is 55.3 Å². The van der Waals surface area contributed by atoms with Crippen LogP contribution < -0.4 is 10.5 Å². The first-order valence-corrected chi connectivity index (χ1v) is 8.88. The van der Waals surface area contributed by atoms with Crippen molar-refractivity contribution in [1.29, 1.82) is 0 Å². The van der Waals surface area contributed by atoms with E-state index in [0.29, 0.717) is 28.4 Å². The molecule has 1 aliphatic heterocycles. The van der Waals surface area contributed by atoms with E-state index in [1.165, 1.54) is 38.8 Å². The molecule has 4 nitrogen and oxygen atoms in total. The Labute approximate surface area is 156 Å². The number of ketones is 1. The highest BCUT2D eigenvalue weighted by Crippen LogP contribution is 2.30. The van der Waals surface area contributed by atoms with Gasteiger partial charge in [-0.05, 0) is 51.4 Å². The maximum atomic E-state index is 12.4. The van der Waals surface area contributed by atoms with Crippen molar-refractivity contribution in [2.45, 2.75) is 44.9 Å². The van der Waals surface area contributed by atoms with Crippen molar-refractivity contribution in [3.63, 3.8) is 0 Å². The van der Waals surface area contributed by atoms with Gasteiger partial charge in [-0.3, -0.25) is 4.79 Å². The van der Waals surface area contributed by atoms with Gasteiger partial charge in [0.15, 0.2) is 5.78 Å². The van der Waals surface area contributed by atoms with E-state index in [0.717, 1.165) is 19.4 Å². The van der Waals surface area contributed by atoms with Crippen molar-refractivity contribution in [1.82, 2.24) is 4.90 Å². The van der Waals surface area contributed by atoms with Crippen LogP contribution in [0.4, 0.5) is 5.69 Å². The van der Waals surface area contributed by atoms with Crippen molar-refractivity contribution >= 4 is 35.5 Å². The first-order valence-electron chi connectivity index (χ1n) is 8.50. The Kier molecular flexibility index (Phi) is 9.49. The van der Waals surface area contributed by atoms with Gasteiger partial charge in [0, 0.05) is 12.5 Å². The van der Waals surface area contributed by atoms with Gasteiger partial charge in [0.1, 0.15) is 5.75 Å². The summed E-state index contributed by atoms with van der Waals surface area (Å²) in [4.78, 5) is 14.9. The van der Waals surface area contributed by atoms with Crippen molar-refractivity contribution in [3.8, 4) is 5.75 Å². The number of carbonyl (C=O) groups is 1. The van der Waals surface area contributed by atoms with E-state index in [2.05, 4.69) is 4.90 Å². The number of anilines is 1. The minimum absolute atomic E-state index is 0. The lowest BCUT2D eigenvalue weighted by molar-refractivity contribution is 0.0975. The zero-order valence-electron chi connectivity index (χ0n) is 14.4. The number of ether oxygens (including phenoxy) is 1. The van der Waals surface area contributed by atoms with Crippen LogP contribution in [-0.2, 0) is 0 Å². The maximum Gasteiger partial charge on any atom is 0.166 e. The molecule has 1 heterocycles. The number of halogens is 2. The van der Waals surface area contributed by atoms with Crippen LogP contribution in [0.15, 0.2) is 12.1 Å². The maximum absolute atomic E-state index is 12.4. The predicted molar refractivity (Wildman–Crippen MR) is 103 cm³/mol. The van der Waals surface area contributed by atoms with Crippen LogP contribution in [0, 0.1) is 0 Å². The molecule has 1 fully saturated rings. The molecule has 24 heavy (non-hydrogen) atoms. The Morgan fingerprint density at radius 1 is 1.21 bits per heavy atom. The largest absolute Gasteiger partial charge is 0.496 e. The van der Waals surface area contributed by atoms with Crippen LogP contribution in [0.25, 0.3) is 0 Å². The Bertz CT molecular complexity index is 530. The zero-order chi connectivity index (χ0) is 16.7. The standard InChI is InChI=1S/C18H27ClN2O2.ClH/c1-23-18-13-16(20)15(19)12-14(18)17(22)8-4-7-11-21-9-5-2-3-6-10-21;/h12-13H,2-11,20H2,1H3;1H. The summed E-state index contributed by atoms with van der Waals surface area (Å²) in [7, 11) is 1.54. The number of nitrogens with two attached hydrogens (primary N) is 1. The predicted octanol–water partition coefficient (Wildman–Crippen LogP) is 4.58. The molecule has 1 aromatic rings. The smallest absolute Gasteiger partial charge is 0.166 e. The summed E-state index contributed by atoms with van der Waals surface area (Å²) in [6.07, 6.45) is 7.78. The number of methoxy groups -OCH3 is 1. The van der Waals surface area contributed by atoms with Crippen LogP contribution in [0.2, 0.25) is 5.02 Å². The second kappa shape index (κ2) is 10.8. The number of hydrogen-bond acceptors (Lipinski definition) is 4. The quantitative estimate of drug-likeness (QED) is 0.431. The van der Waals surface area contributed by atoms with Crippen LogP contribution in [-0.4, -0.2) is 37.4 Å². The van der Waals surface area contributed by atoms with Gasteiger partial charge in [0.25, 0.3) is 0 Å². The molecule has 0 saturated carbocycles. The van der Waals surface area contributed by atoms with Gasteiger partial charge in [0.05, 0.1) is 23.4 Å². The number of Topliss-reactive ketones (excluding diaryl/α,β-unsaturated/α-hetero) is 1. The van der Waals surface area contributed by atoms with Gasteiger partial charge in [-0.25, -0.2) is 0 Å². The summed E-state index contributed by atoms with van der Waals surface area (Å²) in [6.45, 7) is 3.50. The van der Waals surface area contributed by atoms with Gasteiger partial charge in [-0.1, -0.05) is 24.4 Å². The molecule has 6 heteroatoms. The Hall–Kier alpha value is -0.970. The number of likely N-dealkylation sites (tertiary alicyclic amines) is 1. The summed E-state index contributed by atoms with van der Waals surface area (Å²) in [5.41, 5.74) is 6.71. The summed E-state index contributed by atoms with van der Waals surface area (Å²) < 4.78 is 5.25. The van der Waals surface area contributed by atoms with Crippen molar-refractivity contribution in [3.05, 3.63) is 22.7 Å². The van der Waals surface area contributed by atoms with Crippen LogP contribution >= 0.6 is 24.0 Å². The fourth-order valence-corrected chi connectivity index (χ4v) is 3.23. The topological polar surface area (TPSA) is 55.6 Å². The van der Waals surface area contributed by atoms with E-state index in [9.17, 15) is 4.79 Å². The van der Waals surface area contributed by atoms with E-state index in [1.807, 2.05) is 0 Å². The fraction of sp³-hybridized carbons (Fsp3) is 0.611. The van der Waals surface area contributed by atoms with E-state index in [4.69, 9.17) is 22.1 Å². The van der Waals surface area contributed by atoms with Crippen LogP contribution in [0.5, 0.6) is 5.75 Å². The van der Waals surface area contributed by atoms with Crippen molar-refractivity contribution in [2.24, 2.45) is 0 Å². The first kappa shape index (κ1) is 21.1. The minimum Gasteiger partial charge on any atom is -0.496 e. The lowest BCUT2D eigenvalue weighted by Crippen LogP contribution is -2.25. The first-order chi connectivity index (χ1) is 11.1. The molecule has 0 unspecified atom stereocenters. The number of hydrogen-bond donors (Lipinski definition) is 1. The number of benzene rings is 1. The van der Waals surface area contributed by atoms with Crippen molar-refractivity contribution < 1.29 is 9.53 Å². The summed E-state index contributed by atoms with van der Waals surface area (Å²) >= 11 is 6.03. The van der Waals surface area contributed by atoms with E-state index >= 15 is 0 Å². The fourth-order valence-electron chi connectivity index (χ4n) is 3.07. The third-order valence-electron chi connectivity index (χ3n) is 4.45. The number of carbonyl (C=O) groups excluding carboxylic acids is 1. The van der Waals surface area contributed by atoms with Crippen LogP contribution in [0.3, 0.4) is 0 Å². The number of rotatable bonds is 7. The Balaban J connectivity index is 0.00000288. The highest BCUT2D eigenvalue weighted by atomic mass is 35.5. The van der Waals surface area contributed by atoms with Gasteiger partial charge in [-0.15, -0.1) is 12.4 Å². The third kappa shape index (κ3) is 6.15. The number of nitrogens with zero attached hydrogens (tertiary/aromatic N) is 1. The highest BCUT2D eigenvalue weighted by Gasteiger charge is 2.15. The van der Waals surface area contributed by atoms with Crippen molar-refractivity contribution in [2.75, 3.05) is 32.5 Å². The average Bonchev–Trinajstić information content (AvgIpc) is 2.82. The summed E-state index contributed by atoms with van der Waals surface area (Å²) in [5.74, 6) is 0.573. The molecule has 1 aliphatic rings. The lowest BCUT2D eigenvalue weighted by Gasteiger charge is -2.19. The Morgan fingerprint density at radius 2 is 1.88 bits per heavy atom. The van der Waals surface area contributed by atoms with E-state index in [1.54, 1.807) is 19.2 Å². The second-order valence-electron chi connectivity index (χ2n) is 6.21. The molecule has 136 valence electrons. The molecule has 1 saturated heterocycles. The summed E-state index contributed by atoms with van der Waals surface area (Å²) in [6, 6.07) is 3.24. The zero-order valence-corrected chi connectivity index (χ0v) is 15.9. The van der Waals surface area contributed by atoms with Gasteiger partial charge < -0.3 is 15.4 Å². The molecule has 2 rings (SSSR count). The molecule has 2 N–H and O–H groups in total. The van der Waals surface area contributed by atoms with Gasteiger partial charge in [0.2, 0.25) is 0 Å². The summed E-state index contributed by atoms with van der Waals surface area (Å²) in [5, 5.41) is 0.402. The SMILES string of the molecule is COc1cc(N)c(Cl)cc1C(=O)CCCCN1CCCCCC1.Cl. The third-order valence-corrected chi connectivity index (χ3v) is 4.77. The molecule has 0 aromatic heterocycles. The molecular weight excluding hydrogens is 347 g/mol. The van der Waals surface area contributed by atoms with E-state index < -0.39 is 0 Å². The molecule has 1 aromatic carbocycles.